The van der Waals surface area contributed by atoms with Crippen LogP contribution in [0.4, 0.5) is 0 Å². The summed E-state index contributed by atoms with van der Waals surface area (Å²) in [5, 5.41) is 11.5. The minimum Gasteiger partial charge on any atom is -0.139 e. The van der Waals surface area contributed by atoms with Crippen molar-refractivity contribution < 1.29 is 0 Å². The summed E-state index contributed by atoms with van der Waals surface area (Å²) in [6.45, 7) is 25.8. The van der Waals surface area contributed by atoms with Gasteiger partial charge in [-0.15, -0.1) is 45.3 Å². The molecule has 0 aliphatic heterocycles. The average molecular weight is 613 g/mol. The second kappa shape index (κ2) is 8.78. The fourth-order valence-electron chi connectivity index (χ4n) is 5.93. The number of hydrogen-bond acceptors (Lipinski definition) is 4. The molecule has 0 bridgehead atoms. The molecule has 0 unspecified atom stereocenters. The summed E-state index contributed by atoms with van der Waals surface area (Å²) in [6, 6.07) is 15.1. The average Bonchev–Trinajstić information content (AvgIpc) is 3.64. The Balaban J connectivity index is 1.73. The molecule has 4 heteroatoms. The van der Waals surface area contributed by atoms with Gasteiger partial charge in [-0.2, -0.15) is 0 Å². The Morgan fingerprint density at radius 3 is 0.951 bits per heavy atom. The van der Waals surface area contributed by atoms with Crippen molar-refractivity contribution >= 4 is 107 Å². The van der Waals surface area contributed by atoms with Gasteiger partial charge in [-0.3, -0.25) is 0 Å². The van der Waals surface area contributed by atoms with Crippen LogP contribution >= 0.6 is 45.3 Å². The smallest absolute Gasteiger partial charge is 0.0431 e. The maximum atomic E-state index is 2.57. The first kappa shape index (κ1) is 27.8. The van der Waals surface area contributed by atoms with Crippen LogP contribution in [0.3, 0.4) is 0 Å². The monoisotopic (exact) mass is 612 g/mol. The Labute approximate surface area is 260 Å². The lowest BCUT2D eigenvalue weighted by Gasteiger charge is -2.15. The van der Waals surface area contributed by atoms with Gasteiger partial charge in [0.25, 0.3) is 0 Å². The zero-order valence-electron chi connectivity index (χ0n) is 26.2. The summed E-state index contributed by atoms with van der Waals surface area (Å²) in [4.78, 5) is 5.89. The predicted molar refractivity (Wildman–Crippen MR) is 193 cm³/mol. The highest BCUT2D eigenvalue weighted by atomic mass is 32.1. The van der Waals surface area contributed by atoms with Crippen LogP contribution < -0.4 is 0 Å². The van der Waals surface area contributed by atoms with E-state index in [9.17, 15) is 0 Å². The van der Waals surface area contributed by atoms with Gasteiger partial charge in [-0.05, 0) is 58.6 Å². The molecule has 0 atom stereocenters. The molecule has 0 radical (unpaired) electrons. The number of fused-ring (bicyclic) bond motifs is 12. The molecule has 0 spiro atoms. The van der Waals surface area contributed by atoms with Crippen molar-refractivity contribution in [2.45, 2.75) is 98.3 Å². The Morgan fingerprint density at radius 1 is 0.390 bits per heavy atom. The molecule has 7 aromatic rings. The largest absolute Gasteiger partial charge is 0.139 e. The van der Waals surface area contributed by atoms with Crippen LogP contribution in [0.15, 0.2) is 36.4 Å². The van der Waals surface area contributed by atoms with Crippen molar-refractivity contribution in [2.75, 3.05) is 0 Å². The summed E-state index contributed by atoms with van der Waals surface area (Å²) < 4.78 is 5.81. The summed E-state index contributed by atoms with van der Waals surface area (Å²) in [5.41, 5.74) is 0.383. The van der Waals surface area contributed by atoms with Crippen molar-refractivity contribution in [1.82, 2.24) is 0 Å². The van der Waals surface area contributed by atoms with E-state index < -0.39 is 0 Å². The first-order valence-corrected chi connectivity index (χ1v) is 18.1. The van der Waals surface area contributed by atoms with E-state index in [0.717, 1.165) is 0 Å². The van der Waals surface area contributed by atoms with Gasteiger partial charge in [0, 0.05) is 81.4 Å². The maximum absolute atomic E-state index is 2.57. The molecule has 0 saturated heterocycles. The van der Waals surface area contributed by atoms with Crippen molar-refractivity contribution in [2.24, 2.45) is 0 Å². The van der Waals surface area contributed by atoms with Gasteiger partial charge in [0.15, 0.2) is 0 Å². The van der Waals surface area contributed by atoms with Crippen molar-refractivity contribution in [1.29, 1.82) is 0 Å². The van der Waals surface area contributed by atoms with Crippen LogP contribution in [-0.4, -0.2) is 0 Å². The minimum absolute atomic E-state index is 0.126. The zero-order valence-corrected chi connectivity index (χ0v) is 29.4. The Morgan fingerprint density at radius 2 is 0.659 bits per heavy atom. The third-order valence-corrected chi connectivity index (χ3v) is 14.7. The quantitative estimate of drug-likeness (QED) is 0.162. The molecule has 212 valence electrons. The Kier molecular flexibility index (Phi) is 5.96. The third-order valence-electron chi connectivity index (χ3n) is 8.45. The molecule has 4 heterocycles. The predicted octanol–water partition coefficient (Wildman–Crippen LogP) is 13.9. The highest BCUT2D eigenvalue weighted by Gasteiger charge is 2.26. The van der Waals surface area contributed by atoms with Crippen molar-refractivity contribution in [3.8, 4) is 0 Å². The van der Waals surface area contributed by atoms with Crippen LogP contribution in [0.5, 0.6) is 0 Å². The molecule has 3 aromatic carbocycles. The number of rotatable bonds is 1. The van der Waals surface area contributed by atoms with Crippen LogP contribution in [0.2, 0.25) is 0 Å². The van der Waals surface area contributed by atoms with E-state index in [0.29, 0.717) is 5.92 Å². The lowest BCUT2D eigenvalue weighted by molar-refractivity contribution is 0.604. The topological polar surface area (TPSA) is 0 Å². The molecule has 0 nitrogen and oxygen atoms in total. The van der Waals surface area contributed by atoms with Gasteiger partial charge in [0.1, 0.15) is 0 Å². The number of benzene rings is 3. The van der Waals surface area contributed by atoms with E-state index in [1.807, 2.05) is 45.3 Å². The van der Waals surface area contributed by atoms with Crippen LogP contribution in [-0.2, 0) is 16.2 Å². The standard InChI is InChI=1S/C37H40S4/c1-18(2)27-14-23-24-15-28(35(3,4)5)39-32(24)20-13-22-21(12-19(20)31(23)38-27)33-25(16-29(40-33)36(6,7)8)26-17-30(37(9,10)11)41-34(22)26/h12-18H,1-11H3. The second-order valence-corrected chi connectivity index (χ2v) is 19.5. The first-order chi connectivity index (χ1) is 19.0. The number of thiophene rings is 4. The van der Waals surface area contributed by atoms with Gasteiger partial charge >= 0.3 is 0 Å². The van der Waals surface area contributed by atoms with E-state index in [-0.39, 0.29) is 16.2 Å². The van der Waals surface area contributed by atoms with Gasteiger partial charge in [0.2, 0.25) is 0 Å². The molecule has 0 aliphatic rings. The highest BCUT2D eigenvalue weighted by molar-refractivity contribution is 7.23. The Hall–Kier alpha value is -1.98. The molecular formula is C37H40S4. The summed E-state index contributed by atoms with van der Waals surface area (Å²) >= 11 is 8.05. The molecule has 0 amide bonds. The van der Waals surface area contributed by atoms with E-state index in [1.54, 1.807) is 0 Å². The van der Waals surface area contributed by atoms with E-state index in [1.165, 1.54) is 81.4 Å². The van der Waals surface area contributed by atoms with Crippen LogP contribution in [0.25, 0.3) is 61.9 Å². The minimum atomic E-state index is 0.126. The van der Waals surface area contributed by atoms with Gasteiger partial charge in [-0.1, -0.05) is 76.2 Å². The number of hydrogen-bond donors (Lipinski definition) is 0. The molecule has 0 aliphatic carbocycles. The van der Waals surface area contributed by atoms with E-state index >= 15 is 0 Å². The normalized spacial score (nSPS) is 14.0. The third kappa shape index (κ3) is 4.23. The summed E-state index contributed by atoms with van der Waals surface area (Å²) in [6.07, 6.45) is 0. The SMILES string of the molecule is CC(C)c1cc2c3cc(C(C)(C)C)sc3c3cc4c(cc3c2s1)c1sc(C(C)(C)C)cc1c1cc(C(C)(C)C)sc14. The molecule has 4 aromatic heterocycles. The zero-order chi connectivity index (χ0) is 29.4. The van der Waals surface area contributed by atoms with Gasteiger partial charge in [-0.25, -0.2) is 0 Å². The van der Waals surface area contributed by atoms with Crippen LogP contribution in [0.1, 0.15) is 102 Å². The van der Waals surface area contributed by atoms with Gasteiger partial charge < -0.3 is 0 Å². The second-order valence-electron chi connectivity index (χ2n) is 15.3. The van der Waals surface area contributed by atoms with Crippen molar-refractivity contribution in [3.63, 3.8) is 0 Å². The molecule has 0 fully saturated rings. The molecular weight excluding hydrogens is 573 g/mol. The maximum Gasteiger partial charge on any atom is 0.0431 e. The highest BCUT2D eigenvalue weighted by Crippen LogP contribution is 2.51. The molecule has 0 N–H and O–H groups in total. The fraction of sp³-hybridized carbons (Fsp3) is 0.405. The Bertz CT molecular complexity index is 2170. The molecule has 7 rings (SSSR count). The lowest BCUT2D eigenvalue weighted by Crippen LogP contribution is -2.07. The fourth-order valence-corrected chi connectivity index (χ4v) is 10.9. The van der Waals surface area contributed by atoms with Crippen LogP contribution in [0, 0.1) is 0 Å². The van der Waals surface area contributed by atoms with E-state index in [4.69, 9.17) is 0 Å². The van der Waals surface area contributed by atoms with E-state index in [2.05, 4.69) is 113 Å². The summed E-state index contributed by atoms with van der Waals surface area (Å²) in [7, 11) is 0. The first-order valence-electron chi connectivity index (χ1n) is 14.8. The van der Waals surface area contributed by atoms with Gasteiger partial charge in [0.05, 0.1) is 0 Å². The summed E-state index contributed by atoms with van der Waals surface area (Å²) in [5.74, 6) is 0.526. The molecule has 41 heavy (non-hydrogen) atoms. The van der Waals surface area contributed by atoms with Crippen molar-refractivity contribution in [3.05, 3.63) is 55.9 Å². The molecule has 0 saturated carbocycles. The lowest BCUT2D eigenvalue weighted by atomic mass is 9.92.